The van der Waals surface area contributed by atoms with Crippen LogP contribution in [0.15, 0.2) is 59.4 Å². The van der Waals surface area contributed by atoms with Gasteiger partial charge in [-0.15, -0.1) is 0 Å². The molecule has 3 rings (SSSR count). The monoisotopic (exact) mass is 279 g/mol. The molecule has 1 heterocycles. The van der Waals surface area contributed by atoms with Crippen molar-refractivity contribution in [3.05, 3.63) is 81.8 Å². The van der Waals surface area contributed by atoms with Crippen molar-refractivity contribution in [2.75, 3.05) is 0 Å². The Morgan fingerprint density at radius 1 is 1.00 bits per heavy atom. The number of pyridine rings is 1. The molecule has 3 aromatic rings. The summed E-state index contributed by atoms with van der Waals surface area (Å²) < 4.78 is 0. The molecule has 0 saturated heterocycles. The van der Waals surface area contributed by atoms with E-state index in [1.54, 1.807) is 6.07 Å². The topological polar surface area (TPSA) is 70.2 Å². The van der Waals surface area contributed by atoms with Gasteiger partial charge in [-0.3, -0.25) is 4.79 Å². The second kappa shape index (κ2) is 5.25. The third-order valence-corrected chi connectivity index (χ3v) is 3.41. The van der Waals surface area contributed by atoms with E-state index in [1.807, 2.05) is 36.4 Å². The number of rotatable bonds is 3. The average Bonchev–Trinajstić information content (AvgIpc) is 2.47. The standard InChI is InChI=1S/C17H13NO3/c19-16-15(17(20)21)8-7-14(18-16)10-11-5-6-12-3-1-2-4-13(12)9-11/h1-9H,10H2,(H,18,19)(H,20,21). The highest BCUT2D eigenvalue weighted by Crippen LogP contribution is 2.17. The van der Waals surface area contributed by atoms with Crippen LogP contribution >= 0.6 is 0 Å². The summed E-state index contributed by atoms with van der Waals surface area (Å²) in [7, 11) is 0. The van der Waals surface area contributed by atoms with Crippen molar-refractivity contribution >= 4 is 16.7 Å². The molecule has 0 aliphatic heterocycles. The summed E-state index contributed by atoms with van der Waals surface area (Å²) in [6, 6.07) is 17.1. The van der Waals surface area contributed by atoms with E-state index in [0.29, 0.717) is 12.1 Å². The van der Waals surface area contributed by atoms with Crippen molar-refractivity contribution in [3.63, 3.8) is 0 Å². The van der Waals surface area contributed by atoms with Gasteiger partial charge in [0.25, 0.3) is 5.56 Å². The minimum atomic E-state index is -1.21. The molecule has 0 spiro atoms. The largest absolute Gasteiger partial charge is 0.477 e. The SMILES string of the molecule is O=C(O)c1ccc(Cc2ccc3ccccc3c2)[nH]c1=O. The number of hydrogen-bond donors (Lipinski definition) is 2. The number of carbonyl (C=O) groups is 1. The van der Waals surface area contributed by atoms with Crippen molar-refractivity contribution < 1.29 is 9.90 Å². The fourth-order valence-corrected chi connectivity index (χ4v) is 2.35. The van der Waals surface area contributed by atoms with E-state index < -0.39 is 11.5 Å². The van der Waals surface area contributed by atoms with E-state index in [4.69, 9.17) is 5.11 Å². The molecule has 104 valence electrons. The summed E-state index contributed by atoms with van der Waals surface area (Å²) in [5.41, 5.74) is 0.950. The summed E-state index contributed by atoms with van der Waals surface area (Å²) in [4.78, 5) is 25.1. The van der Waals surface area contributed by atoms with Crippen LogP contribution in [0.2, 0.25) is 0 Å². The molecule has 4 heteroatoms. The van der Waals surface area contributed by atoms with Crippen LogP contribution in [0.5, 0.6) is 0 Å². The van der Waals surface area contributed by atoms with Crippen molar-refractivity contribution in [2.45, 2.75) is 6.42 Å². The van der Waals surface area contributed by atoms with Crippen LogP contribution in [0.4, 0.5) is 0 Å². The zero-order valence-electron chi connectivity index (χ0n) is 11.2. The highest BCUT2D eigenvalue weighted by Gasteiger charge is 2.08. The molecule has 0 unspecified atom stereocenters. The van der Waals surface area contributed by atoms with Gasteiger partial charge in [-0.1, -0.05) is 42.5 Å². The number of nitrogens with one attached hydrogen (secondary N) is 1. The summed E-state index contributed by atoms with van der Waals surface area (Å²) in [6.45, 7) is 0. The number of aromatic nitrogens is 1. The maximum atomic E-state index is 11.6. The summed E-state index contributed by atoms with van der Waals surface area (Å²) >= 11 is 0. The Hall–Kier alpha value is -2.88. The number of carboxylic acids is 1. The van der Waals surface area contributed by atoms with Gasteiger partial charge in [0.15, 0.2) is 0 Å². The normalized spacial score (nSPS) is 10.7. The molecule has 0 fully saturated rings. The van der Waals surface area contributed by atoms with Crippen LogP contribution in [-0.2, 0) is 6.42 Å². The zero-order valence-corrected chi connectivity index (χ0v) is 11.2. The molecule has 2 N–H and O–H groups in total. The second-order valence-corrected chi connectivity index (χ2v) is 4.89. The maximum absolute atomic E-state index is 11.6. The van der Waals surface area contributed by atoms with Crippen LogP contribution < -0.4 is 5.56 Å². The number of aromatic carboxylic acids is 1. The fourth-order valence-electron chi connectivity index (χ4n) is 2.35. The first-order valence-electron chi connectivity index (χ1n) is 6.57. The van der Waals surface area contributed by atoms with Crippen LogP contribution in [0.3, 0.4) is 0 Å². The molecule has 1 aromatic heterocycles. The second-order valence-electron chi connectivity index (χ2n) is 4.89. The molecular formula is C17H13NO3. The molecule has 0 bridgehead atoms. The van der Waals surface area contributed by atoms with Crippen LogP contribution in [-0.4, -0.2) is 16.1 Å². The first kappa shape index (κ1) is 13.1. The van der Waals surface area contributed by atoms with Crippen molar-refractivity contribution in [1.29, 1.82) is 0 Å². The van der Waals surface area contributed by atoms with E-state index in [2.05, 4.69) is 11.1 Å². The summed E-state index contributed by atoms with van der Waals surface area (Å²) in [6.07, 6.45) is 0.556. The van der Waals surface area contributed by atoms with E-state index in [1.165, 1.54) is 6.07 Å². The lowest BCUT2D eigenvalue weighted by atomic mass is 10.0. The Morgan fingerprint density at radius 3 is 2.48 bits per heavy atom. The molecule has 0 aliphatic rings. The molecule has 0 amide bonds. The third kappa shape index (κ3) is 2.69. The van der Waals surface area contributed by atoms with Crippen molar-refractivity contribution in [3.8, 4) is 0 Å². The molecule has 21 heavy (non-hydrogen) atoms. The number of benzene rings is 2. The van der Waals surface area contributed by atoms with Gasteiger partial charge in [-0.2, -0.15) is 0 Å². The first-order valence-corrected chi connectivity index (χ1v) is 6.57. The molecule has 4 nitrogen and oxygen atoms in total. The first-order chi connectivity index (χ1) is 10.1. The quantitative estimate of drug-likeness (QED) is 0.774. The average molecular weight is 279 g/mol. The van der Waals surface area contributed by atoms with Crippen LogP contribution in [0.1, 0.15) is 21.6 Å². The lowest BCUT2D eigenvalue weighted by molar-refractivity contribution is 0.0695. The molecule has 0 aliphatic carbocycles. The Kier molecular flexibility index (Phi) is 3.28. The van der Waals surface area contributed by atoms with Crippen LogP contribution in [0, 0.1) is 0 Å². The highest BCUT2D eigenvalue weighted by molar-refractivity contribution is 5.87. The predicted molar refractivity (Wildman–Crippen MR) is 80.8 cm³/mol. The van der Waals surface area contributed by atoms with Gasteiger partial charge < -0.3 is 10.1 Å². The lowest BCUT2D eigenvalue weighted by Gasteiger charge is -2.05. The smallest absolute Gasteiger partial charge is 0.341 e. The van der Waals surface area contributed by atoms with Crippen molar-refractivity contribution in [2.24, 2.45) is 0 Å². The number of hydrogen-bond acceptors (Lipinski definition) is 2. The van der Waals surface area contributed by atoms with Crippen LogP contribution in [0.25, 0.3) is 10.8 Å². The minimum Gasteiger partial charge on any atom is -0.477 e. The molecular weight excluding hydrogens is 266 g/mol. The number of aromatic amines is 1. The van der Waals surface area contributed by atoms with Gasteiger partial charge in [0.1, 0.15) is 5.56 Å². The number of fused-ring (bicyclic) bond motifs is 1. The van der Waals surface area contributed by atoms with Crippen molar-refractivity contribution in [1.82, 2.24) is 4.98 Å². The Labute approximate surface area is 120 Å². The third-order valence-electron chi connectivity index (χ3n) is 3.41. The van der Waals surface area contributed by atoms with Gasteiger partial charge >= 0.3 is 5.97 Å². The van der Waals surface area contributed by atoms with E-state index in [0.717, 1.165) is 16.3 Å². The summed E-state index contributed by atoms with van der Waals surface area (Å²) in [5.74, 6) is -1.21. The Morgan fingerprint density at radius 2 is 1.76 bits per heavy atom. The number of H-pyrrole nitrogens is 1. The molecule has 0 saturated carbocycles. The van der Waals surface area contributed by atoms with E-state index >= 15 is 0 Å². The predicted octanol–water partition coefficient (Wildman–Crippen LogP) is 2.82. The Balaban J connectivity index is 1.93. The fraction of sp³-hybridized carbons (Fsp3) is 0.0588. The summed E-state index contributed by atoms with van der Waals surface area (Å²) in [5, 5.41) is 11.1. The lowest BCUT2D eigenvalue weighted by Crippen LogP contribution is -2.18. The van der Waals surface area contributed by atoms with Gasteiger partial charge in [-0.25, -0.2) is 4.79 Å². The minimum absolute atomic E-state index is 0.239. The Bertz CT molecular complexity index is 880. The zero-order chi connectivity index (χ0) is 14.8. The molecule has 2 aromatic carbocycles. The van der Waals surface area contributed by atoms with Gasteiger partial charge in [0.2, 0.25) is 0 Å². The van der Waals surface area contributed by atoms with Gasteiger partial charge in [-0.05, 0) is 28.5 Å². The van der Waals surface area contributed by atoms with E-state index in [9.17, 15) is 9.59 Å². The molecule has 0 radical (unpaired) electrons. The number of carboxylic acid groups (broad SMARTS) is 1. The van der Waals surface area contributed by atoms with Gasteiger partial charge in [0.05, 0.1) is 0 Å². The highest BCUT2D eigenvalue weighted by atomic mass is 16.4. The van der Waals surface area contributed by atoms with E-state index in [-0.39, 0.29) is 5.56 Å². The maximum Gasteiger partial charge on any atom is 0.341 e. The molecule has 0 atom stereocenters. The van der Waals surface area contributed by atoms with Gasteiger partial charge in [0, 0.05) is 12.1 Å².